The molecule has 0 radical (unpaired) electrons. The van der Waals surface area contributed by atoms with Crippen LogP contribution < -0.4 is 10.1 Å². The van der Waals surface area contributed by atoms with Gasteiger partial charge in [0.05, 0.1) is 38.4 Å². The first-order valence-electron chi connectivity index (χ1n) is 10.3. The normalized spacial score (nSPS) is 28.2. The summed E-state index contributed by atoms with van der Waals surface area (Å²) in [6.07, 6.45) is 4.83. The molecule has 1 N–H and O–H groups in total. The molecule has 6 nitrogen and oxygen atoms in total. The highest BCUT2D eigenvalue weighted by Gasteiger charge is 2.38. The number of hydrogen-bond acceptors (Lipinski definition) is 5. The van der Waals surface area contributed by atoms with Crippen molar-refractivity contribution in [3.8, 4) is 5.75 Å². The summed E-state index contributed by atoms with van der Waals surface area (Å²) in [6, 6.07) is 8.57. The minimum Gasteiger partial charge on any atom is -0.496 e. The summed E-state index contributed by atoms with van der Waals surface area (Å²) in [6.45, 7) is 4.48. The Morgan fingerprint density at radius 1 is 1.25 bits per heavy atom. The van der Waals surface area contributed by atoms with Crippen LogP contribution in [0.2, 0.25) is 0 Å². The van der Waals surface area contributed by atoms with Crippen LogP contribution in [0.25, 0.3) is 0 Å². The predicted octanol–water partition coefficient (Wildman–Crippen LogP) is 2.23. The van der Waals surface area contributed by atoms with E-state index >= 15 is 0 Å². The molecular formula is C21H32ClN3O3. The van der Waals surface area contributed by atoms with Gasteiger partial charge in [-0.25, -0.2) is 0 Å². The number of nitrogens with zero attached hydrogens (tertiary/aromatic N) is 2. The lowest BCUT2D eigenvalue weighted by atomic mass is 9.90. The smallest absolute Gasteiger partial charge is 0.237 e. The standard InChI is InChI=1S/C21H31N3O3.ClH/c1-26-19-8-4-2-6-16(19)18-14-22-10-11-23(18)15-21(25)24-12-13-27-20-9-5-3-7-17(20)24;/h2,4,6,8,17-18,20,22H,3,5,7,9-15H2,1H3;1H. The van der Waals surface area contributed by atoms with Gasteiger partial charge in [0.2, 0.25) is 5.91 Å². The number of hydrogen-bond donors (Lipinski definition) is 1. The van der Waals surface area contributed by atoms with Gasteiger partial charge in [0.1, 0.15) is 5.75 Å². The van der Waals surface area contributed by atoms with E-state index in [4.69, 9.17) is 9.47 Å². The summed E-state index contributed by atoms with van der Waals surface area (Å²) in [5.74, 6) is 1.14. The molecule has 28 heavy (non-hydrogen) atoms. The highest BCUT2D eigenvalue weighted by Crippen LogP contribution is 2.31. The maximum Gasteiger partial charge on any atom is 0.237 e. The molecule has 4 rings (SSSR count). The number of methoxy groups -OCH3 is 1. The van der Waals surface area contributed by atoms with Crippen molar-refractivity contribution < 1.29 is 14.3 Å². The second-order valence-electron chi connectivity index (χ2n) is 7.78. The molecule has 0 spiro atoms. The van der Waals surface area contributed by atoms with E-state index in [2.05, 4.69) is 21.2 Å². The van der Waals surface area contributed by atoms with E-state index in [9.17, 15) is 4.79 Å². The fraction of sp³-hybridized carbons (Fsp3) is 0.667. The molecule has 1 saturated carbocycles. The molecule has 7 heteroatoms. The Kier molecular flexibility index (Phi) is 7.57. The van der Waals surface area contributed by atoms with Crippen LogP contribution >= 0.6 is 12.4 Å². The van der Waals surface area contributed by atoms with Crippen LogP contribution in [0.5, 0.6) is 5.75 Å². The molecule has 0 bridgehead atoms. The zero-order valence-corrected chi connectivity index (χ0v) is 17.5. The van der Waals surface area contributed by atoms with Crippen LogP contribution in [-0.2, 0) is 9.53 Å². The number of carbonyl (C=O) groups excluding carboxylic acids is 1. The second-order valence-corrected chi connectivity index (χ2v) is 7.78. The van der Waals surface area contributed by atoms with Gasteiger partial charge in [0.25, 0.3) is 0 Å². The summed E-state index contributed by atoms with van der Waals surface area (Å²) in [5, 5.41) is 3.47. The van der Waals surface area contributed by atoms with Crippen molar-refractivity contribution in [1.29, 1.82) is 0 Å². The Hall–Kier alpha value is -1.34. The zero-order valence-electron chi connectivity index (χ0n) is 16.6. The van der Waals surface area contributed by atoms with E-state index in [1.807, 2.05) is 18.2 Å². The summed E-state index contributed by atoms with van der Waals surface area (Å²) in [5.41, 5.74) is 1.15. The maximum absolute atomic E-state index is 13.2. The van der Waals surface area contributed by atoms with E-state index in [-0.39, 0.29) is 36.5 Å². The quantitative estimate of drug-likeness (QED) is 0.826. The van der Waals surface area contributed by atoms with Gasteiger partial charge in [-0.05, 0) is 18.9 Å². The highest BCUT2D eigenvalue weighted by atomic mass is 35.5. The monoisotopic (exact) mass is 409 g/mol. The number of rotatable bonds is 4. The van der Waals surface area contributed by atoms with Gasteiger partial charge in [-0.1, -0.05) is 31.0 Å². The molecule has 1 amide bonds. The molecule has 1 aromatic rings. The third-order valence-corrected chi connectivity index (χ3v) is 6.24. The van der Waals surface area contributed by atoms with E-state index in [1.165, 1.54) is 12.8 Å². The first-order valence-corrected chi connectivity index (χ1v) is 10.3. The maximum atomic E-state index is 13.2. The molecule has 3 unspecified atom stereocenters. The van der Waals surface area contributed by atoms with E-state index in [0.29, 0.717) is 13.2 Å². The SMILES string of the molecule is COc1ccccc1C1CNCCN1CC(=O)N1CCOC2CCCCC21.Cl. The van der Waals surface area contributed by atoms with Crippen molar-refractivity contribution in [2.45, 2.75) is 43.9 Å². The summed E-state index contributed by atoms with van der Waals surface area (Å²) in [4.78, 5) is 17.6. The predicted molar refractivity (Wildman–Crippen MR) is 111 cm³/mol. The van der Waals surface area contributed by atoms with Crippen molar-refractivity contribution >= 4 is 18.3 Å². The number of para-hydroxylation sites is 1. The topological polar surface area (TPSA) is 54.0 Å². The van der Waals surface area contributed by atoms with E-state index in [1.54, 1.807) is 7.11 Å². The molecule has 2 heterocycles. The fourth-order valence-electron chi connectivity index (χ4n) is 4.85. The van der Waals surface area contributed by atoms with Crippen molar-refractivity contribution in [2.24, 2.45) is 0 Å². The van der Waals surface area contributed by atoms with Gasteiger partial charge in [0, 0.05) is 31.7 Å². The van der Waals surface area contributed by atoms with Crippen LogP contribution in [0.15, 0.2) is 24.3 Å². The van der Waals surface area contributed by atoms with Crippen LogP contribution in [-0.4, -0.2) is 74.3 Å². The Labute approximate surface area is 173 Å². The summed E-state index contributed by atoms with van der Waals surface area (Å²) < 4.78 is 11.5. The third kappa shape index (κ3) is 4.46. The van der Waals surface area contributed by atoms with Crippen molar-refractivity contribution in [2.75, 3.05) is 46.4 Å². The number of amides is 1. The van der Waals surface area contributed by atoms with Gasteiger partial charge >= 0.3 is 0 Å². The number of ether oxygens (including phenoxy) is 2. The number of carbonyl (C=O) groups is 1. The lowest BCUT2D eigenvalue weighted by Crippen LogP contribution is -2.58. The number of halogens is 1. The van der Waals surface area contributed by atoms with Crippen molar-refractivity contribution in [1.82, 2.24) is 15.1 Å². The number of fused-ring (bicyclic) bond motifs is 1. The molecule has 3 atom stereocenters. The molecule has 156 valence electrons. The Bertz CT molecular complexity index is 658. The molecule has 3 aliphatic rings. The second kappa shape index (κ2) is 9.92. The summed E-state index contributed by atoms with van der Waals surface area (Å²) >= 11 is 0. The first-order chi connectivity index (χ1) is 13.3. The third-order valence-electron chi connectivity index (χ3n) is 6.24. The molecule has 3 fully saturated rings. The van der Waals surface area contributed by atoms with Crippen LogP contribution in [0.1, 0.15) is 37.3 Å². The zero-order chi connectivity index (χ0) is 18.6. The Balaban J connectivity index is 0.00000225. The highest BCUT2D eigenvalue weighted by molar-refractivity contribution is 5.85. The summed E-state index contributed by atoms with van der Waals surface area (Å²) in [7, 11) is 1.71. The van der Waals surface area contributed by atoms with Crippen LogP contribution in [0, 0.1) is 0 Å². The minimum absolute atomic E-state index is 0. The number of nitrogens with one attached hydrogen (secondary N) is 1. The van der Waals surface area contributed by atoms with Gasteiger partial charge in [-0.15, -0.1) is 12.4 Å². The average molecular weight is 410 g/mol. The molecule has 1 aromatic carbocycles. The van der Waals surface area contributed by atoms with Crippen LogP contribution in [0.4, 0.5) is 0 Å². The van der Waals surface area contributed by atoms with Crippen molar-refractivity contribution in [3.05, 3.63) is 29.8 Å². The minimum atomic E-state index is 0. The lowest BCUT2D eigenvalue weighted by Gasteiger charge is -2.45. The van der Waals surface area contributed by atoms with Gasteiger partial charge in [-0.3, -0.25) is 9.69 Å². The fourth-order valence-corrected chi connectivity index (χ4v) is 4.85. The number of benzene rings is 1. The first kappa shape index (κ1) is 21.4. The van der Waals surface area contributed by atoms with Crippen molar-refractivity contribution in [3.63, 3.8) is 0 Å². The largest absolute Gasteiger partial charge is 0.496 e. The number of morpholine rings is 1. The average Bonchev–Trinajstić information content (AvgIpc) is 2.73. The van der Waals surface area contributed by atoms with E-state index in [0.717, 1.165) is 50.3 Å². The van der Waals surface area contributed by atoms with Crippen LogP contribution in [0.3, 0.4) is 0 Å². The lowest BCUT2D eigenvalue weighted by molar-refractivity contribution is -0.151. The van der Waals surface area contributed by atoms with Gasteiger partial charge < -0.3 is 19.7 Å². The molecule has 1 aliphatic carbocycles. The van der Waals surface area contributed by atoms with Gasteiger partial charge in [-0.2, -0.15) is 0 Å². The Morgan fingerprint density at radius 3 is 2.93 bits per heavy atom. The van der Waals surface area contributed by atoms with Gasteiger partial charge in [0.15, 0.2) is 0 Å². The molecule has 2 saturated heterocycles. The van der Waals surface area contributed by atoms with E-state index < -0.39 is 0 Å². The Morgan fingerprint density at radius 2 is 2.07 bits per heavy atom. The molecule has 2 aliphatic heterocycles. The molecule has 0 aromatic heterocycles. The number of piperazine rings is 1. The molecular weight excluding hydrogens is 378 g/mol.